The third-order valence-corrected chi connectivity index (χ3v) is 3.36. The molecule has 0 fully saturated rings. The van der Waals surface area contributed by atoms with Crippen molar-refractivity contribution < 1.29 is 13.6 Å². The lowest BCUT2D eigenvalue weighted by molar-refractivity contribution is -0.119. The van der Waals surface area contributed by atoms with Crippen molar-refractivity contribution in [3.05, 3.63) is 24.3 Å². The molecule has 1 amide bonds. The van der Waals surface area contributed by atoms with Crippen molar-refractivity contribution in [1.82, 2.24) is 0 Å². The normalized spacial score (nSPS) is 13.4. The largest absolute Gasteiger partial charge is 0.324 e. The summed E-state index contributed by atoms with van der Waals surface area (Å²) in [5, 5.41) is 2.60. The van der Waals surface area contributed by atoms with E-state index in [-0.39, 0.29) is 5.91 Å². The van der Waals surface area contributed by atoms with Gasteiger partial charge in [-0.05, 0) is 17.5 Å². The van der Waals surface area contributed by atoms with E-state index in [1.807, 2.05) is 20.8 Å². The van der Waals surface area contributed by atoms with Crippen molar-refractivity contribution in [2.75, 3.05) is 5.32 Å². The maximum Gasteiger partial charge on any atom is 0.288 e. The molecule has 0 bridgehead atoms. The second-order valence-corrected chi connectivity index (χ2v) is 6.24. The molecule has 0 spiro atoms. The van der Waals surface area contributed by atoms with E-state index in [1.54, 1.807) is 18.2 Å². The summed E-state index contributed by atoms with van der Waals surface area (Å²) in [6.07, 6.45) is 0. The molecule has 1 aromatic rings. The number of halogens is 2. The summed E-state index contributed by atoms with van der Waals surface area (Å²) < 4.78 is 24.8. The van der Waals surface area contributed by atoms with Gasteiger partial charge in [0.05, 0.1) is 11.7 Å². The predicted octanol–water partition coefficient (Wildman–Crippen LogP) is 3.31. The van der Waals surface area contributed by atoms with E-state index >= 15 is 0 Å². The van der Waals surface area contributed by atoms with E-state index in [1.165, 1.54) is 6.07 Å². The Balaban J connectivity index is 2.85. The molecule has 0 heterocycles. The number of carbonyl (C=O) groups is 1. The molecule has 19 heavy (non-hydrogen) atoms. The van der Waals surface area contributed by atoms with E-state index in [4.69, 9.17) is 5.73 Å². The van der Waals surface area contributed by atoms with Gasteiger partial charge in [-0.15, -0.1) is 0 Å². The number of amides is 1. The molecule has 0 saturated carbocycles. The highest BCUT2D eigenvalue weighted by Gasteiger charge is 2.27. The van der Waals surface area contributed by atoms with Gasteiger partial charge < -0.3 is 11.1 Å². The molecule has 1 aromatic carbocycles. The van der Waals surface area contributed by atoms with Gasteiger partial charge in [0.15, 0.2) is 0 Å². The topological polar surface area (TPSA) is 55.1 Å². The van der Waals surface area contributed by atoms with Gasteiger partial charge in [0, 0.05) is 4.90 Å². The Labute approximate surface area is 115 Å². The third kappa shape index (κ3) is 4.80. The van der Waals surface area contributed by atoms with E-state index < -0.39 is 17.2 Å². The Kier molecular flexibility index (Phi) is 5.31. The van der Waals surface area contributed by atoms with Gasteiger partial charge in [0.1, 0.15) is 0 Å². The molecule has 0 aromatic heterocycles. The summed E-state index contributed by atoms with van der Waals surface area (Å²) in [6, 6.07) is 5.72. The minimum absolute atomic E-state index is 0.326. The van der Waals surface area contributed by atoms with Crippen molar-refractivity contribution in [2.45, 2.75) is 37.5 Å². The SMILES string of the molecule is CC(C)(C)C(N)C(=O)Nc1ccccc1SC(F)F. The highest BCUT2D eigenvalue weighted by molar-refractivity contribution is 7.99. The van der Waals surface area contributed by atoms with Gasteiger partial charge in [0.25, 0.3) is 5.76 Å². The second-order valence-electron chi connectivity index (χ2n) is 5.21. The maximum absolute atomic E-state index is 12.4. The molecule has 106 valence electrons. The fraction of sp³-hybridized carbons (Fsp3) is 0.462. The first kappa shape index (κ1) is 15.9. The number of carbonyl (C=O) groups excluding carboxylic acids is 1. The number of benzene rings is 1. The standard InChI is InChI=1S/C13H18F2N2OS/c1-13(2,3)10(16)11(18)17-8-6-4-5-7-9(8)19-12(14)15/h4-7,10,12H,16H2,1-3H3,(H,17,18). The Hall–Kier alpha value is -1.14. The number of para-hydroxylation sites is 1. The zero-order valence-corrected chi connectivity index (χ0v) is 11.9. The van der Waals surface area contributed by atoms with Crippen molar-refractivity contribution in [2.24, 2.45) is 11.1 Å². The number of anilines is 1. The zero-order chi connectivity index (χ0) is 14.6. The zero-order valence-electron chi connectivity index (χ0n) is 11.1. The van der Waals surface area contributed by atoms with E-state index in [0.717, 1.165) is 0 Å². The molecule has 0 saturated heterocycles. The van der Waals surface area contributed by atoms with Crippen molar-refractivity contribution in [3.8, 4) is 0 Å². The highest BCUT2D eigenvalue weighted by Crippen LogP contribution is 2.32. The molecule has 0 aliphatic carbocycles. The quantitative estimate of drug-likeness (QED) is 0.836. The molecule has 3 N–H and O–H groups in total. The number of nitrogens with one attached hydrogen (secondary N) is 1. The lowest BCUT2D eigenvalue weighted by Crippen LogP contribution is -2.45. The Morgan fingerprint density at radius 2 is 1.89 bits per heavy atom. The fourth-order valence-corrected chi connectivity index (χ4v) is 1.97. The van der Waals surface area contributed by atoms with Gasteiger partial charge in [0.2, 0.25) is 5.91 Å². The van der Waals surface area contributed by atoms with Crippen LogP contribution in [-0.2, 0) is 4.79 Å². The monoisotopic (exact) mass is 288 g/mol. The molecule has 0 aliphatic rings. The van der Waals surface area contributed by atoms with Crippen LogP contribution >= 0.6 is 11.8 Å². The van der Waals surface area contributed by atoms with Crippen LogP contribution < -0.4 is 11.1 Å². The maximum atomic E-state index is 12.4. The number of hydrogen-bond donors (Lipinski definition) is 2. The molecular weight excluding hydrogens is 270 g/mol. The lowest BCUT2D eigenvalue weighted by atomic mass is 9.87. The minimum Gasteiger partial charge on any atom is -0.324 e. The van der Waals surface area contributed by atoms with E-state index in [2.05, 4.69) is 5.32 Å². The lowest BCUT2D eigenvalue weighted by Gasteiger charge is -2.26. The van der Waals surface area contributed by atoms with Crippen molar-refractivity contribution in [1.29, 1.82) is 0 Å². The van der Waals surface area contributed by atoms with Crippen LogP contribution in [0.4, 0.5) is 14.5 Å². The first-order valence-corrected chi connectivity index (χ1v) is 6.70. The smallest absolute Gasteiger partial charge is 0.288 e. The fourth-order valence-electron chi connectivity index (χ4n) is 1.37. The Morgan fingerprint density at radius 1 is 1.32 bits per heavy atom. The van der Waals surface area contributed by atoms with Gasteiger partial charge in [-0.1, -0.05) is 44.7 Å². The van der Waals surface area contributed by atoms with Gasteiger partial charge in [-0.3, -0.25) is 4.79 Å². The molecule has 3 nitrogen and oxygen atoms in total. The first-order chi connectivity index (χ1) is 8.71. The van der Waals surface area contributed by atoms with Crippen LogP contribution in [0.3, 0.4) is 0 Å². The van der Waals surface area contributed by atoms with Crippen LogP contribution in [0.25, 0.3) is 0 Å². The molecule has 6 heteroatoms. The summed E-state index contributed by atoms with van der Waals surface area (Å²) >= 11 is 0.397. The average Bonchev–Trinajstić information content (AvgIpc) is 2.28. The van der Waals surface area contributed by atoms with Crippen LogP contribution in [0.15, 0.2) is 29.2 Å². The molecule has 0 radical (unpaired) electrons. The third-order valence-electron chi connectivity index (χ3n) is 2.58. The van der Waals surface area contributed by atoms with E-state index in [9.17, 15) is 13.6 Å². The van der Waals surface area contributed by atoms with Gasteiger partial charge in [-0.2, -0.15) is 8.78 Å². The van der Waals surface area contributed by atoms with Gasteiger partial charge in [-0.25, -0.2) is 0 Å². The molecule has 1 rings (SSSR count). The predicted molar refractivity (Wildman–Crippen MR) is 74.4 cm³/mol. The van der Waals surface area contributed by atoms with Crippen molar-refractivity contribution >= 4 is 23.4 Å². The van der Waals surface area contributed by atoms with Crippen molar-refractivity contribution in [3.63, 3.8) is 0 Å². The summed E-state index contributed by atoms with van der Waals surface area (Å²) in [7, 11) is 0. The highest BCUT2D eigenvalue weighted by atomic mass is 32.2. The first-order valence-electron chi connectivity index (χ1n) is 5.82. The molecule has 0 aliphatic heterocycles. The van der Waals surface area contributed by atoms with Crippen LogP contribution in [0.2, 0.25) is 0 Å². The summed E-state index contributed by atoms with van der Waals surface area (Å²) in [6.45, 7) is 5.53. The van der Waals surface area contributed by atoms with Crippen LogP contribution in [-0.4, -0.2) is 17.7 Å². The second kappa shape index (κ2) is 6.34. The van der Waals surface area contributed by atoms with Crippen LogP contribution in [0.1, 0.15) is 20.8 Å². The summed E-state index contributed by atoms with van der Waals surface area (Å²) in [4.78, 5) is 12.3. The Bertz CT molecular complexity index is 447. The molecular formula is C13H18F2N2OS. The Morgan fingerprint density at radius 3 is 2.42 bits per heavy atom. The summed E-state index contributed by atoms with van der Waals surface area (Å²) in [5.74, 6) is -2.91. The van der Waals surface area contributed by atoms with Crippen LogP contribution in [0.5, 0.6) is 0 Å². The number of thioether (sulfide) groups is 1. The minimum atomic E-state index is -2.53. The molecule has 1 unspecified atom stereocenters. The number of alkyl halides is 2. The molecule has 1 atom stereocenters. The van der Waals surface area contributed by atoms with Gasteiger partial charge >= 0.3 is 0 Å². The number of rotatable bonds is 4. The van der Waals surface area contributed by atoms with E-state index in [0.29, 0.717) is 22.3 Å². The average molecular weight is 288 g/mol. The summed E-state index contributed by atoms with van der Waals surface area (Å²) in [5.41, 5.74) is 5.79. The number of hydrogen-bond acceptors (Lipinski definition) is 3. The van der Waals surface area contributed by atoms with Crippen LogP contribution in [0, 0.1) is 5.41 Å². The number of nitrogens with two attached hydrogens (primary N) is 1.